The maximum absolute atomic E-state index is 5.50. The van der Waals surface area contributed by atoms with Crippen LogP contribution < -0.4 is 5.73 Å². The Kier molecular flexibility index (Phi) is 3.26. The summed E-state index contributed by atoms with van der Waals surface area (Å²) in [6.07, 6.45) is 5.21. The van der Waals surface area contributed by atoms with Crippen LogP contribution in [0.3, 0.4) is 0 Å². The summed E-state index contributed by atoms with van der Waals surface area (Å²) < 4.78 is 0. The maximum atomic E-state index is 5.50. The van der Waals surface area contributed by atoms with E-state index in [1.54, 1.807) is 18.6 Å². The van der Waals surface area contributed by atoms with Gasteiger partial charge in [0.15, 0.2) is 5.16 Å². The van der Waals surface area contributed by atoms with Gasteiger partial charge in [-0.3, -0.25) is 4.98 Å². The smallest absolute Gasteiger partial charge is 0.192 e. The highest BCUT2D eigenvalue weighted by Crippen LogP contribution is 2.22. The lowest BCUT2D eigenvalue weighted by molar-refractivity contribution is 0.874. The first-order valence-electron chi connectivity index (χ1n) is 4.48. The summed E-state index contributed by atoms with van der Waals surface area (Å²) in [5.41, 5.74) is 6.35. The molecule has 0 spiro atoms. The Hall–Kier alpha value is -1.46. The minimum atomic E-state index is 0.437. The van der Waals surface area contributed by atoms with Gasteiger partial charge in [-0.25, -0.2) is 9.97 Å². The van der Waals surface area contributed by atoms with Gasteiger partial charge in [0.25, 0.3) is 0 Å². The van der Waals surface area contributed by atoms with Crippen LogP contribution in [0.1, 0.15) is 5.69 Å². The third-order valence-corrected chi connectivity index (χ3v) is 2.65. The average Bonchev–Trinajstić information content (AvgIpc) is 2.31. The van der Waals surface area contributed by atoms with Crippen molar-refractivity contribution in [3.05, 3.63) is 42.5 Å². The summed E-state index contributed by atoms with van der Waals surface area (Å²) >= 11 is 1.50. The maximum Gasteiger partial charge on any atom is 0.192 e. The molecule has 0 radical (unpaired) electrons. The SMILES string of the molecule is NCc1ccnc(Sc2ccncc2)n1. The fraction of sp³-hybridized carbons (Fsp3) is 0.100. The lowest BCUT2D eigenvalue weighted by Gasteiger charge is -2.00. The van der Waals surface area contributed by atoms with Crippen LogP contribution in [0.25, 0.3) is 0 Å². The Labute approximate surface area is 92.0 Å². The van der Waals surface area contributed by atoms with Crippen molar-refractivity contribution in [1.82, 2.24) is 15.0 Å². The number of hydrogen-bond acceptors (Lipinski definition) is 5. The molecule has 2 aromatic rings. The van der Waals surface area contributed by atoms with Crippen molar-refractivity contribution < 1.29 is 0 Å². The molecule has 0 unspecified atom stereocenters. The fourth-order valence-corrected chi connectivity index (χ4v) is 1.80. The molecule has 0 aromatic carbocycles. The normalized spacial score (nSPS) is 10.2. The first-order chi connectivity index (χ1) is 7.38. The van der Waals surface area contributed by atoms with E-state index in [9.17, 15) is 0 Å². The van der Waals surface area contributed by atoms with Crippen LogP contribution >= 0.6 is 11.8 Å². The van der Waals surface area contributed by atoms with Crippen LogP contribution in [0.2, 0.25) is 0 Å². The van der Waals surface area contributed by atoms with Gasteiger partial charge in [0.2, 0.25) is 0 Å². The summed E-state index contributed by atoms with van der Waals surface area (Å²) in [6, 6.07) is 5.66. The Morgan fingerprint density at radius 3 is 2.67 bits per heavy atom. The standard InChI is InChI=1S/C10H10N4S/c11-7-8-1-6-13-10(14-8)15-9-2-4-12-5-3-9/h1-6H,7,11H2. The zero-order chi connectivity index (χ0) is 10.5. The van der Waals surface area contributed by atoms with Crippen molar-refractivity contribution in [1.29, 1.82) is 0 Å². The number of nitrogens with two attached hydrogens (primary N) is 1. The van der Waals surface area contributed by atoms with E-state index in [1.165, 1.54) is 11.8 Å². The van der Waals surface area contributed by atoms with Crippen molar-refractivity contribution in [2.45, 2.75) is 16.6 Å². The fourth-order valence-electron chi connectivity index (χ4n) is 1.05. The van der Waals surface area contributed by atoms with Crippen LogP contribution in [0.15, 0.2) is 46.8 Å². The molecule has 0 fully saturated rings. The molecule has 4 nitrogen and oxygen atoms in total. The lowest BCUT2D eigenvalue weighted by atomic mass is 10.4. The van der Waals surface area contributed by atoms with Crippen LogP contribution in [0.5, 0.6) is 0 Å². The molecule has 76 valence electrons. The first kappa shape index (κ1) is 10.1. The predicted molar refractivity (Wildman–Crippen MR) is 58.3 cm³/mol. The molecule has 0 aliphatic heterocycles. The quantitative estimate of drug-likeness (QED) is 0.790. The highest BCUT2D eigenvalue weighted by atomic mass is 32.2. The molecule has 0 bridgehead atoms. The van der Waals surface area contributed by atoms with E-state index in [-0.39, 0.29) is 0 Å². The molecule has 15 heavy (non-hydrogen) atoms. The summed E-state index contributed by atoms with van der Waals surface area (Å²) in [4.78, 5) is 13.5. The molecular formula is C10H10N4S. The van der Waals surface area contributed by atoms with E-state index in [2.05, 4.69) is 15.0 Å². The molecule has 5 heteroatoms. The third-order valence-electron chi connectivity index (χ3n) is 1.76. The van der Waals surface area contributed by atoms with Gasteiger partial charge in [-0.15, -0.1) is 0 Å². The second-order valence-corrected chi connectivity index (χ2v) is 3.86. The monoisotopic (exact) mass is 218 g/mol. The summed E-state index contributed by atoms with van der Waals surface area (Å²) in [5.74, 6) is 0. The van der Waals surface area contributed by atoms with Crippen molar-refractivity contribution in [2.24, 2.45) is 5.73 Å². The molecule has 2 N–H and O–H groups in total. The lowest BCUT2D eigenvalue weighted by Crippen LogP contribution is -2.00. The Balaban J connectivity index is 2.17. The number of hydrogen-bond donors (Lipinski definition) is 1. The Morgan fingerprint density at radius 2 is 1.93 bits per heavy atom. The molecule has 2 heterocycles. The molecule has 2 rings (SSSR count). The number of pyridine rings is 1. The number of aromatic nitrogens is 3. The zero-order valence-electron chi connectivity index (χ0n) is 8.00. The van der Waals surface area contributed by atoms with E-state index in [4.69, 9.17) is 5.73 Å². The van der Waals surface area contributed by atoms with Crippen molar-refractivity contribution in [3.8, 4) is 0 Å². The van der Waals surface area contributed by atoms with E-state index < -0.39 is 0 Å². The molecule has 2 aromatic heterocycles. The van der Waals surface area contributed by atoms with Crippen molar-refractivity contribution in [2.75, 3.05) is 0 Å². The predicted octanol–water partition coefficient (Wildman–Crippen LogP) is 1.48. The summed E-state index contributed by atoms with van der Waals surface area (Å²) in [7, 11) is 0. The van der Waals surface area contributed by atoms with Gasteiger partial charge in [0, 0.05) is 30.0 Å². The third kappa shape index (κ3) is 2.74. The van der Waals surface area contributed by atoms with Crippen LogP contribution in [0.4, 0.5) is 0 Å². The van der Waals surface area contributed by atoms with Crippen molar-refractivity contribution >= 4 is 11.8 Å². The second kappa shape index (κ2) is 4.86. The van der Waals surface area contributed by atoms with Gasteiger partial charge < -0.3 is 5.73 Å². The Morgan fingerprint density at radius 1 is 1.13 bits per heavy atom. The average molecular weight is 218 g/mol. The van der Waals surface area contributed by atoms with Gasteiger partial charge in [-0.2, -0.15) is 0 Å². The molecule has 0 aliphatic carbocycles. The summed E-state index contributed by atoms with van der Waals surface area (Å²) in [6.45, 7) is 0.437. The van der Waals surface area contributed by atoms with Gasteiger partial charge >= 0.3 is 0 Å². The van der Waals surface area contributed by atoms with Crippen LogP contribution in [0, 0.1) is 0 Å². The van der Waals surface area contributed by atoms with E-state index in [0.29, 0.717) is 11.7 Å². The molecule has 0 atom stereocenters. The molecule has 0 aliphatic rings. The minimum Gasteiger partial charge on any atom is -0.325 e. The number of nitrogens with zero attached hydrogens (tertiary/aromatic N) is 3. The van der Waals surface area contributed by atoms with E-state index in [1.807, 2.05) is 18.2 Å². The molecular weight excluding hydrogens is 208 g/mol. The number of rotatable bonds is 3. The van der Waals surface area contributed by atoms with Gasteiger partial charge in [-0.1, -0.05) is 0 Å². The van der Waals surface area contributed by atoms with Gasteiger partial charge in [0.1, 0.15) is 0 Å². The van der Waals surface area contributed by atoms with Gasteiger partial charge in [0.05, 0.1) is 5.69 Å². The largest absolute Gasteiger partial charge is 0.325 e. The van der Waals surface area contributed by atoms with E-state index in [0.717, 1.165) is 10.6 Å². The molecule has 0 amide bonds. The van der Waals surface area contributed by atoms with Crippen LogP contribution in [-0.4, -0.2) is 15.0 Å². The van der Waals surface area contributed by atoms with E-state index >= 15 is 0 Å². The highest BCUT2D eigenvalue weighted by Gasteiger charge is 2.00. The zero-order valence-corrected chi connectivity index (χ0v) is 8.81. The highest BCUT2D eigenvalue weighted by molar-refractivity contribution is 7.99. The van der Waals surface area contributed by atoms with Gasteiger partial charge in [-0.05, 0) is 30.0 Å². The van der Waals surface area contributed by atoms with Crippen molar-refractivity contribution in [3.63, 3.8) is 0 Å². The Bertz CT molecular complexity index is 432. The molecule has 0 saturated carbocycles. The van der Waals surface area contributed by atoms with Crippen LogP contribution in [-0.2, 0) is 6.54 Å². The minimum absolute atomic E-state index is 0.437. The molecule has 0 saturated heterocycles. The first-order valence-corrected chi connectivity index (χ1v) is 5.30. The second-order valence-electron chi connectivity index (χ2n) is 2.82. The topological polar surface area (TPSA) is 64.7 Å². The summed E-state index contributed by atoms with van der Waals surface area (Å²) in [5, 5.41) is 0.712.